The van der Waals surface area contributed by atoms with Gasteiger partial charge in [0.2, 0.25) is 10.0 Å². The van der Waals surface area contributed by atoms with Crippen LogP contribution in [-0.2, 0) is 10.0 Å². The van der Waals surface area contributed by atoms with Crippen LogP contribution in [0.1, 0.15) is 5.56 Å². The Morgan fingerprint density at radius 2 is 1.62 bits per heavy atom. The van der Waals surface area contributed by atoms with E-state index in [9.17, 15) is 8.42 Å². The maximum absolute atomic E-state index is 12.7. The smallest absolute Gasteiger partial charge is 0.243 e. The molecule has 7 heteroatoms. The maximum Gasteiger partial charge on any atom is 0.243 e. The van der Waals surface area contributed by atoms with E-state index < -0.39 is 10.0 Å². The second-order valence-corrected chi connectivity index (χ2v) is 9.07. The highest BCUT2D eigenvalue weighted by molar-refractivity contribution is 9.10. The van der Waals surface area contributed by atoms with Gasteiger partial charge in [-0.15, -0.1) is 0 Å². The average molecular weight is 430 g/mol. The van der Waals surface area contributed by atoms with Crippen LogP contribution >= 0.6 is 27.5 Å². The monoisotopic (exact) mass is 428 g/mol. The SMILES string of the molecule is Cc1ccc(Cl)cc1N1CCN(S(=O)(=O)c2ccc(Br)cc2)CC1. The fourth-order valence-electron chi connectivity index (χ4n) is 2.85. The lowest BCUT2D eigenvalue weighted by atomic mass is 10.1. The van der Waals surface area contributed by atoms with Crippen molar-refractivity contribution in [1.29, 1.82) is 0 Å². The number of anilines is 1. The molecule has 0 N–H and O–H groups in total. The van der Waals surface area contributed by atoms with Gasteiger partial charge in [0, 0.05) is 41.4 Å². The Bertz CT molecular complexity index is 832. The van der Waals surface area contributed by atoms with Gasteiger partial charge in [0.05, 0.1) is 4.90 Å². The quantitative estimate of drug-likeness (QED) is 0.742. The van der Waals surface area contributed by atoms with Crippen LogP contribution in [0.3, 0.4) is 0 Å². The van der Waals surface area contributed by atoms with Crippen molar-refractivity contribution in [2.45, 2.75) is 11.8 Å². The Hall–Kier alpha value is -1.08. The summed E-state index contributed by atoms with van der Waals surface area (Å²) < 4.78 is 27.9. The minimum absolute atomic E-state index is 0.332. The number of benzene rings is 2. The number of nitrogens with zero attached hydrogens (tertiary/aromatic N) is 2. The molecule has 0 atom stereocenters. The van der Waals surface area contributed by atoms with Crippen molar-refractivity contribution in [1.82, 2.24) is 4.31 Å². The third kappa shape index (κ3) is 3.61. The van der Waals surface area contributed by atoms with Crippen LogP contribution in [0, 0.1) is 6.92 Å². The van der Waals surface area contributed by atoms with Crippen LogP contribution in [0.4, 0.5) is 5.69 Å². The topological polar surface area (TPSA) is 40.6 Å². The maximum atomic E-state index is 12.7. The molecule has 1 saturated heterocycles. The zero-order valence-electron chi connectivity index (χ0n) is 13.2. The van der Waals surface area contributed by atoms with Gasteiger partial charge in [0.1, 0.15) is 0 Å². The van der Waals surface area contributed by atoms with Crippen molar-refractivity contribution < 1.29 is 8.42 Å². The molecule has 0 bridgehead atoms. The van der Waals surface area contributed by atoms with Gasteiger partial charge in [-0.1, -0.05) is 33.6 Å². The highest BCUT2D eigenvalue weighted by Gasteiger charge is 2.28. The third-order valence-electron chi connectivity index (χ3n) is 4.20. The Morgan fingerprint density at radius 3 is 2.25 bits per heavy atom. The van der Waals surface area contributed by atoms with Crippen LogP contribution in [0.25, 0.3) is 0 Å². The van der Waals surface area contributed by atoms with E-state index >= 15 is 0 Å². The zero-order valence-corrected chi connectivity index (χ0v) is 16.4. The van der Waals surface area contributed by atoms with Crippen LogP contribution in [0.15, 0.2) is 51.8 Å². The lowest BCUT2D eigenvalue weighted by Crippen LogP contribution is -2.48. The second kappa shape index (κ2) is 7.04. The van der Waals surface area contributed by atoms with Crippen molar-refractivity contribution in [2.75, 3.05) is 31.1 Å². The molecule has 24 heavy (non-hydrogen) atoms. The summed E-state index contributed by atoms with van der Waals surface area (Å²) in [5.74, 6) is 0. The van der Waals surface area contributed by atoms with Gasteiger partial charge in [0.25, 0.3) is 0 Å². The molecule has 4 nitrogen and oxygen atoms in total. The molecule has 1 aliphatic rings. The molecule has 1 fully saturated rings. The van der Waals surface area contributed by atoms with Crippen molar-refractivity contribution in [2.24, 2.45) is 0 Å². The highest BCUT2D eigenvalue weighted by Crippen LogP contribution is 2.27. The molecule has 0 aliphatic carbocycles. The molecule has 0 radical (unpaired) electrons. The largest absolute Gasteiger partial charge is 0.369 e. The molecule has 0 unspecified atom stereocenters. The van der Waals surface area contributed by atoms with Gasteiger partial charge in [-0.25, -0.2) is 8.42 Å². The van der Waals surface area contributed by atoms with E-state index in [4.69, 9.17) is 11.6 Å². The molecule has 3 rings (SSSR count). The summed E-state index contributed by atoms with van der Waals surface area (Å²) in [6.07, 6.45) is 0. The molecule has 1 heterocycles. The molecular formula is C17H18BrClN2O2S. The lowest BCUT2D eigenvalue weighted by Gasteiger charge is -2.36. The van der Waals surface area contributed by atoms with Gasteiger partial charge in [-0.2, -0.15) is 4.31 Å². The van der Waals surface area contributed by atoms with Gasteiger partial charge in [0.15, 0.2) is 0 Å². The van der Waals surface area contributed by atoms with E-state index in [1.165, 1.54) is 0 Å². The number of hydrogen-bond acceptors (Lipinski definition) is 3. The zero-order chi connectivity index (χ0) is 17.3. The van der Waals surface area contributed by atoms with E-state index in [1.807, 2.05) is 25.1 Å². The van der Waals surface area contributed by atoms with Gasteiger partial charge in [-0.05, 0) is 48.9 Å². The minimum Gasteiger partial charge on any atom is -0.369 e. The predicted octanol–water partition coefficient (Wildman–Crippen LogP) is 3.92. The highest BCUT2D eigenvalue weighted by atomic mass is 79.9. The van der Waals surface area contributed by atoms with Crippen molar-refractivity contribution in [3.63, 3.8) is 0 Å². The van der Waals surface area contributed by atoms with E-state index in [2.05, 4.69) is 20.8 Å². The molecule has 2 aromatic rings. The molecule has 0 saturated carbocycles. The number of aryl methyl sites for hydroxylation is 1. The molecule has 1 aliphatic heterocycles. The number of halogens is 2. The summed E-state index contributed by atoms with van der Waals surface area (Å²) in [6, 6.07) is 12.6. The van der Waals surface area contributed by atoms with E-state index in [0.717, 1.165) is 15.7 Å². The summed E-state index contributed by atoms with van der Waals surface area (Å²) >= 11 is 9.42. The van der Waals surface area contributed by atoms with Gasteiger partial charge < -0.3 is 4.90 Å². The predicted molar refractivity (Wildman–Crippen MR) is 101 cm³/mol. The van der Waals surface area contributed by atoms with Gasteiger partial charge in [-0.3, -0.25) is 0 Å². The van der Waals surface area contributed by atoms with E-state index in [1.54, 1.807) is 28.6 Å². The van der Waals surface area contributed by atoms with Crippen molar-refractivity contribution in [3.8, 4) is 0 Å². The molecule has 0 amide bonds. The molecule has 2 aromatic carbocycles. The van der Waals surface area contributed by atoms with E-state index in [-0.39, 0.29) is 0 Å². The van der Waals surface area contributed by atoms with Crippen LogP contribution in [0.2, 0.25) is 5.02 Å². The Kier molecular flexibility index (Phi) is 5.20. The summed E-state index contributed by atoms with van der Waals surface area (Å²) in [6.45, 7) is 4.26. The molecular weight excluding hydrogens is 412 g/mol. The first-order valence-electron chi connectivity index (χ1n) is 7.65. The fraction of sp³-hybridized carbons (Fsp3) is 0.294. The first-order valence-corrected chi connectivity index (χ1v) is 10.3. The van der Waals surface area contributed by atoms with E-state index in [0.29, 0.717) is 36.1 Å². The summed E-state index contributed by atoms with van der Waals surface area (Å²) in [5.41, 5.74) is 2.21. The van der Waals surface area contributed by atoms with Gasteiger partial charge >= 0.3 is 0 Å². The second-order valence-electron chi connectivity index (χ2n) is 5.78. The van der Waals surface area contributed by atoms with Crippen molar-refractivity contribution in [3.05, 3.63) is 57.5 Å². The minimum atomic E-state index is -3.44. The first kappa shape index (κ1) is 17.7. The standard InChI is InChI=1S/C17H18BrClN2O2S/c1-13-2-5-15(19)12-17(13)20-8-10-21(11-9-20)24(22,23)16-6-3-14(18)4-7-16/h2-7,12H,8-11H2,1H3. The molecule has 128 valence electrons. The van der Waals surface area contributed by atoms with Crippen LogP contribution < -0.4 is 4.90 Å². The summed E-state index contributed by atoms with van der Waals surface area (Å²) in [7, 11) is -3.44. The number of piperazine rings is 1. The first-order chi connectivity index (χ1) is 11.4. The molecule has 0 spiro atoms. The number of hydrogen-bond donors (Lipinski definition) is 0. The van der Waals surface area contributed by atoms with Crippen LogP contribution in [-0.4, -0.2) is 38.9 Å². The van der Waals surface area contributed by atoms with Crippen LogP contribution in [0.5, 0.6) is 0 Å². The molecule has 0 aromatic heterocycles. The average Bonchev–Trinajstić information content (AvgIpc) is 2.57. The normalized spacial score (nSPS) is 16.4. The Balaban J connectivity index is 1.75. The lowest BCUT2D eigenvalue weighted by molar-refractivity contribution is 0.385. The number of sulfonamides is 1. The van der Waals surface area contributed by atoms with Crippen molar-refractivity contribution >= 4 is 43.2 Å². The fourth-order valence-corrected chi connectivity index (χ4v) is 4.70. The summed E-state index contributed by atoms with van der Waals surface area (Å²) in [5, 5.41) is 0.695. The summed E-state index contributed by atoms with van der Waals surface area (Å²) in [4.78, 5) is 2.52. The Labute approximate surface area is 156 Å². The Morgan fingerprint density at radius 1 is 1.00 bits per heavy atom. The number of rotatable bonds is 3. The third-order valence-corrected chi connectivity index (χ3v) is 6.88.